The molecular formula is C49H51N9O5S2. The van der Waals surface area contributed by atoms with Crippen molar-refractivity contribution >= 4 is 50.7 Å². The fraction of sp³-hybridized carbons (Fsp3) is 0.388. The second kappa shape index (κ2) is 17.4. The molecule has 16 heteroatoms. The van der Waals surface area contributed by atoms with Gasteiger partial charge < -0.3 is 29.9 Å². The molecule has 14 nitrogen and oxygen atoms in total. The number of aromatic nitrogens is 6. The molecular weight excluding hydrogens is 859 g/mol. The summed E-state index contributed by atoms with van der Waals surface area (Å²) in [5, 5.41) is 38.5. The van der Waals surface area contributed by atoms with E-state index in [1.807, 2.05) is 62.7 Å². The minimum atomic E-state index is -0.818. The largest absolute Gasteiger partial charge is 0.507 e. The summed E-state index contributed by atoms with van der Waals surface area (Å²) < 4.78 is 5.83. The van der Waals surface area contributed by atoms with Crippen LogP contribution < -0.4 is 10.2 Å². The molecule has 5 aromatic heterocycles. The Morgan fingerprint density at radius 2 is 1.71 bits per heavy atom. The number of para-hydroxylation sites is 1. The highest BCUT2D eigenvalue weighted by Gasteiger charge is 2.48. The maximum atomic E-state index is 14.2. The zero-order valence-corrected chi connectivity index (χ0v) is 38.4. The molecule has 1 aliphatic carbocycles. The number of amides is 2. The molecule has 2 aliphatic heterocycles. The van der Waals surface area contributed by atoms with Crippen LogP contribution in [0.4, 0.5) is 5.95 Å². The van der Waals surface area contributed by atoms with Gasteiger partial charge in [-0.25, -0.2) is 15.0 Å². The molecule has 2 aromatic carbocycles. The number of phenolic OH excluding ortho intramolecular Hbond substituents is 1. The van der Waals surface area contributed by atoms with E-state index in [4.69, 9.17) is 14.5 Å². The zero-order valence-electron chi connectivity index (χ0n) is 36.8. The van der Waals surface area contributed by atoms with Crippen LogP contribution in [-0.4, -0.2) is 89.0 Å². The molecule has 3 aliphatic rings. The first-order valence-electron chi connectivity index (χ1n) is 22.3. The van der Waals surface area contributed by atoms with Crippen LogP contribution in [0, 0.1) is 25.2 Å². The summed E-state index contributed by atoms with van der Waals surface area (Å²) in [4.78, 5) is 48.8. The summed E-state index contributed by atoms with van der Waals surface area (Å²) in [6.45, 7) is 10.2. The number of aliphatic hydroxyl groups excluding tert-OH is 1. The molecule has 3 fully saturated rings. The zero-order chi connectivity index (χ0) is 45.0. The van der Waals surface area contributed by atoms with E-state index < -0.39 is 18.1 Å². The van der Waals surface area contributed by atoms with Crippen molar-refractivity contribution in [3.8, 4) is 38.7 Å². The van der Waals surface area contributed by atoms with E-state index in [1.54, 1.807) is 53.3 Å². The number of piperidine rings is 1. The fourth-order valence-electron chi connectivity index (χ4n) is 10.1. The first-order valence-corrected chi connectivity index (χ1v) is 24.0. The smallest absolute Gasteiger partial charge is 0.243 e. The number of hydrogen-bond donors (Lipinski definition) is 3. The van der Waals surface area contributed by atoms with E-state index in [0.29, 0.717) is 52.1 Å². The fourth-order valence-corrected chi connectivity index (χ4v) is 12.1. The lowest BCUT2D eigenvalue weighted by Gasteiger charge is -2.52. The quantitative estimate of drug-likeness (QED) is 0.113. The number of aliphatic hydroxyl groups is 1. The highest BCUT2D eigenvalue weighted by atomic mass is 32.1. The third-order valence-corrected chi connectivity index (χ3v) is 16.1. The molecule has 3 atom stereocenters. The molecule has 10 rings (SSSR count). The van der Waals surface area contributed by atoms with E-state index >= 15 is 0 Å². The van der Waals surface area contributed by atoms with Gasteiger partial charge in [0, 0.05) is 72.5 Å². The topological polar surface area (TPSA) is 184 Å². The minimum Gasteiger partial charge on any atom is -0.507 e. The number of benzene rings is 2. The van der Waals surface area contributed by atoms with Crippen molar-refractivity contribution in [1.29, 1.82) is 0 Å². The van der Waals surface area contributed by atoms with E-state index in [-0.39, 0.29) is 36.4 Å². The number of nitrogens with one attached hydrogen (secondary N) is 1. The molecule has 2 amide bonds. The summed E-state index contributed by atoms with van der Waals surface area (Å²) in [5.41, 5.74) is 8.96. The molecule has 0 unspecified atom stereocenters. The lowest BCUT2D eigenvalue weighted by atomic mass is 9.57. The Bertz CT molecular complexity index is 2860. The van der Waals surface area contributed by atoms with Crippen molar-refractivity contribution in [1.82, 2.24) is 40.5 Å². The van der Waals surface area contributed by atoms with E-state index in [0.717, 1.165) is 70.7 Å². The van der Waals surface area contributed by atoms with Crippen molar-refractivity contribution in [2.24, 2.45) is 11.3 Å². The number of likely N-dealkylation sites (tertiary alicyclic amines) is 1. The number of carbonyl (C=O) groups excluding carboxylic acids is 2. The second-order valence-corrected chi connectivity index (χ2v) is 20.2. The number of nitrogens with zero attached hydrogens (tertiary/aromatic N) is 8. The number of thiazole rings is 1. The predicted molar refractivity (Wildman–Crippen MR) is 250 cm³/mol. The van der Waals surface area contributed by atoms with Crippen LogP contribution >= 0.6 is 22.7 Å². The SMILES string of the molecule is Cc1ncsc1-c1ccc(CNC(=O)[C@@H]2C[C@@H](O)CN2C(=O)[C@@H](c2cc(-c3cnc(N4CCC5(CC4)CC(c4sc6nnc(-c7ccccc7O)cc6c4C)C5)nc3)no2)C(C)C)cc1. The number of β-amino-alcohol motifs (C(OH)–C–C–N with tert-alkyl or cyclic N) is 1. The van der Waals surface area contributed by atoms with Crippen molar-refractivity contribution in [2.45, 2.75) is 90.3 Å². The molecule has 65 heavy (non-hydrogen) atoms. The van der Waals surface area contributed by atoms with Crippen LogP contribution in [0.1, 0.15) is 85.2 Å². The maximum absolute atomic E-state index is 14.2. The highest BCUT2D eigenvalue weighted by molar-refractivity contribution is 7.19. The number of phenols is 1. The van der Waals surface area contributed by atoms with Gasteiger partial charge >= 0.3 is 0 Å². The van der Waals surface area contributed by atoms with Gasteiger partial charge in [0.25, 0.3) is 0 Å². The molecule has 2 saturated heterocycles. The third kappa shape index (κ3) is 8.27. The van der Waals surface area contributed by atoms with E-state index in [1.165, 1.54) is 15.3 Å². The number of rotatable bonds is 11. The van der Waals surface area contributed by atoms with Gasteiger partial charge in [-0.2, -0.15) is 0 Å². The van der Waals surface area contributed by atoms with Crippen LogP contribution in [-0.2, 0) is 16.1 Å². The van der Waals surface area contributed by atoms with Gasteiger partial charge in [0.2, 0.25) is 17.8 Å². The standard InChI is InChI=1S/C49H51N9O5S2/c1-27(2)42(47(62)58-25-34(59)17-39(58)45(61)50-22-30-9-11-31(12-10-30)44-29(4)53-26-64-44)41-19-37(56-63-41)33-23-51-48(52-24-33)57-15-13-49(14-16-57)20-32(21-49)43-28(3)36-18-38(54-55-46(36)65-43)35-7-5-6-8-40(35)60/h5-12,18-19,23-24,26-27,32,34,39,42,59-60H,13-17,20-22,25H2,1-4H3,(H,50,61)/t34-,39+,42-/m1/s1. The van der Waals surface area contributed by atoms with Crippen LogP contribution in [0.5, 0.6) is 5.75 Å². The van der Waals surface area contributed by atoms with E-state index in [2.05, 4.69) is 43.5 Å². The molecule has 1 spiro atoms. The Hall–Kier alpha value is -6.10. The molecule has 7 heterocycles. The Morgan fingerprint density at radius 1 is 0.954 bits per heavy atom. The van der Waals surface area contributed by atoms with Crippen LogP contribution in [0.3, 0.4) is 0 Å². The second-order valence-electron chi connectivity index (χ2n) is 18.3. The Balaban J connectivity index is 0.745. The van der Waals surface area contributed by atoms with E-state index in [9.17, 15) is 19.8 Å². The summed E-state index contributed by atoms with van der Waals surface area (Å²) in [5.74, 6) is 0.281. The first-order chi connectivity index (χ1) is 31.4. The van der Waals surface area contributed by atoms with Gasteiger partial charge in [-0.15, -0.1) is 32.9 Å². The summed E-state index contributed by atoms with van der Waals surface area (Å²) in [7, 11) is 0. The van der Waals surface area contributed by atoms with Gasteiger partial charge in [-0.3, -0.25) is 9.59 Å². The molecule has 0 radical (unpaired) electrons. The minimum absolute atomic E-state index is 0.0579. The molecule has 334 valence electrons. The Morgan fingerprint density at radius 3 is 2.42 bits per heavy atom. The Kier molecular flexibility index (Phi) is 11.4. The molecule has 7 aromatic rings. The van der Waals surface area contributed by atoms with Crippen LogP contribution in [0.15, 0.2) is 83.1 Å². The number of fused-ring (bicyclic) bond motifs is 1. The number of carbonyl (C=O) groups is 2. The van der Waals surface area contributed by atoms with Crippen LogP contribution in [0.25, 0.3) is 43.2 Å². The third-order valence-electron chi connectivity index (χ3n) is 13.8. The van der Waals surface area contributed by atoms with Crippen molar-refractivity contribution in [3.63, 3.8) is 0 Å². The van der Waals surface area contributed by atoms with Gasteiger partial charge in [-0.1, -0.05) is 55.4 Å². The van der Waals surface area contributed by atoms with Crippen molar-refractivity contribution in [3.05, 3.63) is 106 Å². The number of aryl methyl sites for hydroxylation is 2. The number of hydrogen-bond acceptors (Lipinski definition) is 14. The average molecular weight is 910 g/mol. The predicted octanol–water partition coefficient (Wildman–Crippen LogP) is 8.43. The lowest BCUT2D eigenvalue weighted by Crippen LogP contribution is -2.48. The number of thiophene rings is 1. The van der Waals surface area contributed by atoms with Crippen LogP contribution in [0.2, 0.25) is 0 Å². The summed E-state index contributed by atoms with van der Waals surface area (Å²) in [6, 6.07) is 18.2. The normalized spacial score (nSPS) is 19.0. The van der Waals surface area contributed by atoms with Gasteiger partial charge in [0.05, 0.1) is 27.9 Å². The Labute approximate surface area is 384 Å². The van der Waals surface area contributed by atoms with Crippen molar-refractivity contribution in [2.75, 3.05) is 24.5 Å². The average Bonchev–Trinajstić information content (AvgIpc) is 4.12. The maximum Gasteiger partial charge on any atom is 0.243 e. The molecule has 1 saturated carbocycles. The van der Waals surface area contributed by atoms with Gasteiger partial charge in [0.15, 0.2) is 0 Å². The van der Waals surface area contributed by atoms with Crippen molar-refractivity contribution < 1.29 is 24.3 Å². The monoisotopic (exact) mass is 909 g/mol. The summed E-state index contributed by atoms with van der Waals surface area (Å²) in [6.07, 6.45) is 7.30. The number of anilines is 1. The van der Waals surface area contributed by atoms with Gasteiger partial charge in [0.1, 0.15) is 34.0 Å². The molecule has 0 bridgehead atoms. The number of aromatic hydroxyl groups is 1. The first kappa shape index (κ1) is 42.8. The highest BCUT2D eigenvalue weighted by Crippen LogP contribution is 2.59. The van der Waals surface area contributed by atoms with Gasteiger partial charge in [-0.05, 0) is 91.7 Å². The summed E-state index contributed by atoms with van der Waals surface area (Å²) >= 11 is 3.34. The molecule has 3 N–H and O–H groups in total. The lowest BCUT2D eigenvalue weighted by molar-refractivity contribution is -0.141.